The van der Waals surface area contributed by atoms with E-state index in [0.29, 0.717) is 35.9 Å². The highest BCUT2D eigenvalue weighted by atomic mass is 16.5. The summed E-state index contributed by atoms with van der Waals surface area (Å²) in [5.74, 6) is 0.718. The van der Waals surface area contributed by atoms with E-state index in [1.54, 1.807) is 0 Å². The van der Waals surface area contributed by atoms with E-state index in [4.69, 9.17) is 19.3 Å². The summed E-state index contributed by atoms with van der Waals surface area (Å²) in [5.41, 5.74) is 1.09. The third kappa shape index (κ3) is 5.32. The van der Waals surface area contributed by atoms with Crippen molar-refractivity contribution < 1.29 is 24.1 Å². The summed E-state index contributed by atoms with van der Waals surface area (Å²) in [6, 6.07) is 7.83. The van der Waals surface area contributed by atoms with Crippen LogP contribution in [0.2, 0.25) is 0 Å². The molecular weight excluding hydrogens is 368 g/mol. The molecule has 160 valence electrons. The first-order chi connectivity index (χ1) is 14.2. The van der Waals surface area contributed by atoms with Gasteiger partial charge in [-0.2, -0.15) is 0 Å². The first kappa shape index (κ1) is 20.7. The molecule has 0 spiro atoms. The minimum atomic E-state index is -0.948. The fourth-order valence-electron chi connectivity index (χ4n) is 5.54. The van der Waals surface area contributed by atoms with Gasteiger partial charge in [-0.05, 0) is 62.0 Å². The van der Waals surface area contributed by atoms with Crippen molar-refractivity contribution >= 4 is 5.97 Å². The highest BCUT2D eigenvalue weighted by Gasteiger charge is 2.48. The van der Waals surface area contributed by atoms with Gasteiger partial charge in [0.25, 0.3) is 0 Å². The smallest absolute Gasteiger partial charge is 0.341 e. The van der Waals surface area contributed by atoms with Gasteiger partial charge in [0, 0.05) is 6.61 Å². The van der Waals surface area contributed by atoms with Crippen LogP contribution in [0, 0.1) is 11.8 Å². The average Bonchev–Trinajstić information content (AvgIpc) is 3.21. The molecule has 4 atom stereocenters. The Balaban J connectivity index is 1.35. The van der Waals surface area contributed by atoms with Gasteiger partial charge >= 0.3 is 5.97 Å². The molecular formula is C24H34O5. The maximum atomic E-state index is 10.9. The molecule has 3 aliphatic rings. The first-order valence-electron chi connectivity index (χ1n) is 11.4. The summed E-state index contributed by atoms with van der Waals surface area (Å²) >= 11 is 0. The highest BCUT2D eigenvalue weighted by Crippen LogP contribution is 2.47. The largest absolute Gasteiger partial charge is 0.482 e. The number of fused-ring (bicyclic) bond motifs is 2. The molecule has 4 rings (SSSR count). The van der Waals surface area contributed by atoms with Gasteiger partial charge < -0.3 is 19.3 Å². The van der Waals surface area contributed by atoms with Crippen molar-refractivity contribution in [3.8, 4) is 5.75 Å². The van der Waals surface area contributed by atoms with Crippen LogP contribution in [-0.4, -0.2) is 42.6 Å². The summed E-state index contributed by atoms with van der Waals surface area (Å²) in [4.78, 5) is 10.9. The van der Waals surface area contributed by atoms with Crippen molar-refractivity contribution in [1.82, 2.24) is 0 Å². The molecule has 29 heavy (non-hydrogen) atoms. The number of carboxylic acid groups (broad SMARTS) is 1. The van der Waals surface area contributed by atoms with E-state index in [1.807, 2.05) is 18.2 Å². The Hall–Kier alpha value is -1.59. The number of hydrogen-bond acceptors (Lipinski definition) is 4. The number of carbonyl (C=O) groups is 1. The van der Waals surface area contributed by atoms with Gasteiger partial charge in [0.2, 0.25) is 0 Å². The quantitative estimate of drug-likeness (QED) is 0.611. The minimum absolute atomic E-state index is 0.303. The van der Waals surface area contributed by atoms with Crippen molar-refractivity contribution in [2.24, 2.45) is 11.8 Å². The topological polar surface area (TPSA) is 65.0 Å². The lowest BCUT2D eigenvalue weighted by Gasteiger charge is -2.29. The molecule has 0 unspecified atom stereocenters. The Bertz CT molecular complexity index is 667. The molecule has 1 aliphatic carbocycles. The highest BCUT2D eigenvalue weighted by molar-refractivity contribution is 5.68. The Morgan fingerprint density at radius 2 is 1.72 bits per heavy atom. The van der Waals surface area contributed by atoms with Crippen LogP contribution in [0.4, 0.5) is 0 Å². The molecule has 1 aromatic rings. The molecule has 1 N–H and O–H groups in total. The van der Waals surface area contributed by atoms with Crippen LogP contribution in [0.5, 0.6) is 5.75 Å². The van der Waals surface area contributed by atoms with Crippen molar-refractivity contribution in [1.29, 1.82) is 0 Å². The second kappa shape index (κ2) is 9.94. The van der Waals surface area contributed by atoms with Gasteiger partial charge in [0.15, 0.2) is 6.61 Å². The molecule has 0 aromatic heterocycles. The summed E-state index contributed by atoms with van der Waals surface area (Å²) < 4.78 is 18.1. The van der Waals surface area contributed by atoms with E-state index in [9.17, 15) is 4.79 Å². The molecule has 2 saturated heterocycles. The number of aliphatic carboxylic acids is 1. The SMILES string of the molecule is O=C(O)COc1ccccc1C[C@H]1[C@@H](CCOC2CCCCCC2)[C@H]2CC[C@@H]1O2. The average molecular weight is 403 g/mol. The summed E-state index contributed by atoms with van der Waals surface area (Å²) in [6.45, 7) is 0.526. The Morgan fingerprint density at radius 3 is 2.48 bits per heavy atom. The fourth-order valence-corrected chi connectivity index (χ4v) is 5.54. The van der Waals surface area contributed by atoms with E-state index in [0.717, 1.165) is 37.9 Å². The Labute approximate surface area is 173 Å². The molecule has 2 aliphatic heterocycles. The predicted octanol–water partition coefficient (Wildman–Crippen LogP) is 4.62. The van der Waals surface area contributed by atoms with Crippen molar-refractivity contribution in [2.75, 3.05) is 13.2 Å². The van der Waals surface area contributed by atoms with E-state index in [2.05, 4.69) is 6.07 Å². The first-order valence-corrected chi connectivity index (χ1v) is 11.4. The lowest BCUT2D eigenvalue weighted by Crippen LogP contribution is -2.30. The van der Waals surface area contributed by atoms with Crippen LogP contribution < -0.4 is 4.74 Å². The molecule has 5 nitrogen and oxygen atoms in total. The summed E-state index contributed by atoms with van der Waals surface area (Å²) in [6.07, 6.45) is 13.1. The number of benzene rings is 1. The Morgan fingerprint density at radius 1 is 1.00 bits per heavy atom. The van der Waals surface area contributed by atoms with Crippen molar-refractivity contribution in [3.63, 3.8) is 0 Å². The molecule has 2 heterocycles. The number of hydrogen-bond donors (Lipinski definition) is 1. The van der Waals surface area contributed by atoms with Gasteiger partial charge in [-0.25, -0.2) is 4.79 Å². The molecule has 3 fully saturated rings. The van der Waals surface area contributed by atoms with Crippen LogP contribution in [0.3, 0.4) is 0 Å². The maximum Gasteiger partial charge on any atom is 0.341 e. The van der Waals surface area contributed by atoms with Gasteiger partial charge in [-0.3, -0.25) is 0 Å². The lowest BCUT2D eigenvalue weighted by molar-refractivity contribution is -0.139. The minimum Gasteiger partial charge on any atom is -0.482 e. The van der Waals surface area contributed by atoms with E-state index in [1.165, 1.54) is 38.5 Å². The van der Waals surface area contributed by atoms with Gasteiger partial charge in [-0.1, -0.05) is 43.9 Å². The monoisotopic (exact) mass is 402 g/mol. The fraction of sp³-hybridized carbons (Fsp3) is 0.708. The van der Waals surface area contributed by atoms with Gasteiger partial charge in [-0.15, -0.1) is 0 Å². The third-order valence-corrected chi connectivity index (χ3v) is 6.98. The van der Waals surface area contributed by atoms with Gasteiger partial charge in [0.05, 0.1) is 18.3 Å². The summed E-state index contributed by atoms with van der Waals surface area (Å²) in [7, 11) is 0. The van der Waals surface area contributed by atoms with Crippen molar-refractivity contribution in [3.05, 3.63) is 29.8 Å². The number of ether oxygens (including phenoxy) is 3. The van der Waals surface area contributed by atoms with Crippen LogP contribution in [0.1, 0.15) is 63.4 Å². The number of rotatable bonds is 9. The lowest BCUT2D eigenvalue weighted by atomic mass is 9.74. The number of para-hydroxylation sites is 1. The molecule has 0 amide bonds. The zero-order chi connectivity index (χ0) is 20.1. The van der Waals surface area contributed by atoms with Crippen LogP contribution in [-0.2, 0) is 20.7 Å². The zero-order valence-electron chi connectivity index (χ0n) is 17.3. The molecule has 5 heteroatoms. The van der Waals surface area contributed by atoms with Crippen molar-refractivity contribution in [2.45, 2.75) is 82.5 Å². The number of carboxylic acids is 1. The maximum absolute atomic E-state index is 10.9. The normalized spacial score (nSPS) is 29.7. The van der Waals surface area contributed by atoms with Crippen LogP contribution in [0.15, 0.2) is 24.3 Å². The standard InChI is InChI=1S/C24H34O5/c25-24(26)16-28-21-10-6-5-7-17(21)15-20-19(22-11-12-23(20)29-22)13-14-27-18-8-3-1-2-4-9-18/h5-7,10,18-20,22-23H,1-4,8-9,11-16H2,(H,25,26)/t19-,20+,22-,23+/m1/s1. The summed E-state index contributed by atoms with van der Waals surface area (Å²) in [5, 5.41) is 8.94. The van der Waals surface area contributed by atoms with E-state index >= 15 is 0 Å². The second-order valence-electron chi connectivity index (χ2n) is 8.89. The predicted molar refractivity (Wildman–Crippen MR) is 110 cm³/mol. The second-order valence-corrected chi connectivity index (χ2v) is 8.89. The third-order valence-electron chi connectivity index (χ3n) is 6.98. The molecule has 1 saturated carbocycles. The van der Waals surface area contributed by atoms with E-state index < -0.39 is 5.97 Å². The zero-order valence-corrected chi connectivity index (χ0v) is 17.3. The van der Waals surface area contributed by atoms with Crippen LogP contribution in [0.25, 0.3) is 0 Å². The molecule has 2 bridgehead atoms. The van der Waals surface area contributed by atoms with Gasteiger partial charge in [0.1, 0.15) is 5.75 Å². The molecule has 1 aromatic carbocycles. The van der Waals surface area contributed by atoms with E-state index in [-0.39, 0.29) is 6.61 Å². The van der Waals surface area contributed by atoms with Crippen LogP contribution >= 0.6 is 0 Å². The Kier molecular flexibility index (Phi) is 7.09. The molecule has 0 radical (unpaired) electrons.